The van der Waals surface area contributed by atoms with Gasteiger partial charge in [0.2, 0.25) is 5.95 Å². The lowest BCUT2D eigenvalue weighted by Gasteiger charge is -2.36. The van der Waals surface area contributed by atoms with E-state index < -0.39 is 0 Å². The largest absolute Gasteiger partial charge is 0.482 e. The van der Waals surface area contributed by atoms with Gasteiger partial charge in [0.25, 0.3) is 11.8 Å². The number of carbonyl (C=O) groups excluding carboxylic acids is 2. The van der Waals surface area contributed by atoms with Crippen LogP contribution in [0.25, 0.3) is 0 Å². The first-order valence-electron chi connectivity index (χ1n) is 9.20. The van der Waals surface area contributed by atoms with Gasteiger partial charge in [0.05, 0.1) is 15.7 Å². The van der Waals surface area contributed by atoms with E-state index in [1.54, 1.807) is 30.6 Å². The smallest absolute Gasteiger partial charge is 0.262 e. The van der Waals surface area contributed by atoms with Crippen molar-refractivity contribution in [3.63, 3.8) is 0 Å². The second kappa shape index (κ2) is 8.14. The first-order chi connectivity index (χ1) is 13.6. The average molecular weight is 446 g/mol. The topological polar surface area (TPSA) is 96.5 Å². The van der Waals surface area contributed by atoms with E-state index in [2.05, 4.69) is 36.5 Å². The lowest BCUT2D eigenvalue weighted by atomic mass is 10.00. The number of ether oxygens (including phenoxy) is 1. The molecule has 0 saturated carbocycles. The third kappa shape index (κ3) is 3.94. The molecule has 1 fully saturated rings. The van der Waals surface area contributed by atoms with Gasteiger partial charge in [-0.25, -0.2) is 9.97 Å². The van der Waals surface area contributed by atoms with E-state index in [4.69, 9.17) is 4.74 Å². The molecule has 2 aliphatic rings. The highest BCUT2D eigenvalue weighted by Crippen LogP contribution is 2.33. The summed E-state index contributed by atoms with van der Waals surface area (Å²) in [5.74, 6) is 0.696. The van der Waals surface area contributed by atoms with Gasteiger partial charge in [0.1, 0.15) is 5.75 Å². The molecule has 2 N–H and O–H groups in total. The fraction of sp³-hybridized carbons (Fsp3) is 0.368. The van der Waals surface area contributed by atoms with Crippen LogP contribution in [0.1, 0.15) is 29.6 Å². The van der Waals surface area contributed by atoms with Crippen LogP contribution in [0.4, 0.5) is 11.6 Å². The molecular formula is C19H20BrN5O3. The van der Waals surface area contributed by atoms with Gasteiger partial charge < -0.3 is 20.3 Å². The van der Waals surface area contributed by atoms with Crippen molar-refractivity contribution in [1.82, 2.24) is 14.9 Å². The highest BCUT2D eigenvalue weighted by molar-refractivity contribution is 9.10. The molecule has 0 spiro atoms. The first-order valence-corrected chi connectivity index (χ1v) is 9.99. The molecule has 1 aromatic heterocycles. The van der Waals surface area contributed by atoms with E-state index in [0.717, 1.165) is 23.7 Å². The van der Waals surface area contributed by atoms with E-state index in [-0.39, 0.29) is 24.5 Å². The van der Waals surface area contributed by atoms with Crippen molar-refractivity contribution in [3.05, 3.63) is 40.6 Å². The van der Waals surface area contributed by atoms with Gasteiger partial charge in [0.15, 0.2) is 6.61 Å². The molecule has 1 unspecified atom stereocenters. The number of para-hydroxylation sites is 1. The number of carbonyl (C=O) groups is 2. The maximum absolute atomic E-state index is 13.3. The summed E-state index contributed by atoms with van der Waals surface area (Å²) >= 11 is 3.32. The van der Waals surface area contributed by atoms with Gasteiger partial charge in [-0.1, -0.05) is 6.07 Å². The number of fused-ring (bicyclic) bond motifs is 1. The molecule has 4 rings (SSSR count). The Morgan fingerprint density at radius 1 is 1.32 bits per heavy atom. The number of nitrogens with zero attached hydrogens (tertiary/aromatic N) is 3. The monoisotopic (exact) mass is 445 g/mol. The Bertz CT molecular complexity index is 890. The second-order valence-electron chi connectivity index (χ2n) is 6.77. The first kappa shape index (κ1) is 18.7. The molecule has 0 aliphatic carbocycles. The van der Waals surface area contributed by atoms with Crippen molar-refractivity contribution < 1.29 is 14.3 Å². The summed E-state index contributed by atoms with van der Waals surface area (Å²) in [7, 11) is 0. The average Bonchev–Trinajstić information content (AvgIpc) is 2.72. The van der Waals surface area contributed by atoms with Crippen molar-refractivity contribution in [2.75, 3.05) is 30.3 Å². The van der Waals surface area contributed by atoms with Crippen molar-refractivity contribution in [3.8, 4) is 5.75 Å². The number of halogens is 1. The van der Waals surface area contributed by atoms with Crippen LogP contribution in [0.5, 0.6) is 5.75 Å². The predicted octanol–water partition coefficient (Wildman–Crippen LogP) is 2.68. The highest BCUT2D eigenvalue weighted by atomic mass is 79.9. The molecule has 2 aromatic rings. The zero-order chi connectivity index (χ0) is 19.5. The summed E-state index contributed by atoms with van der Waals surface area (Å²) in [6.45, 7) is 1.20. The Hall–Kier alpha value is -2.68. The van der Waals surface area contributed by atoms with Crippen molar-refractivity contribution >= 4 is 39.4 Å². The molecule has 1 aromatic carbocycles. The van der Waals surface area contributed by atoms with Crippen LogP contribution >= 0.6 is 15.9 Å². The van der Waals surface area contributed by atoms with Crippen LogP contribution in [-0.4, -0.2) is 52.4 Å². The van der Waals surface area contributed by atoms with Crippen molar-refractivity contribution in [2.24, 2.45) is 0 Å². The van der Waals surface area contributed by atoms with Crippen LogP contribution in [0.3, 0.4) is 0 Å². The van der Waals surface area contributed by atoms with Gasteiger partial charge in [-0.15, -0.1) is 0 Å². The van der Waals surface area contributed by atoms with Crippen LogP contribution in [0.15, 0.2) is 35.1 Å². The third-order valence-electron chi connectivity index (χ3n) is 4.88. The Balaban J connectivity index is 1.52. The third-order valence-corrected chi connectivity index (χ3v) is 5.29. The SMILES string of the molecule is O=C1COc2cccc(C(=O)N3CCCCC3CNc3ncc(Br)cn3)c2N1. The number of rotatable bonds is 4. The molecule has 1 atom stereocenters. The summed E-state index contributed by atoms with van der Waals surface area (Å²) in [5, 5.41) is 5.99. The minimum atomic E-state index is -0.253. The standard InChI is InChI=1S/C19H20BrN5O3/c20-12-8-21-19(22-9-12)23-10-13-4-1-2-7-25(13)18(27)14-5-3-6-15-17(14)24-16(26)11-28-15/h3,5-6,8-9,13H,1-2,4,7,10-11H2,(H,24,26)(H,21,22,23). The van der Waals surface area contributed by atoms with E-state index >= 15 is 0 Å². The number of hydrogen-bond donors (Lipinski definition) is 2. The van der Waals surface area contributed by atoms with Gasteiger partial charge in [-0.05, 0) is 47.3 Å². The van der Waals surface area contributed by atoms with Crippen LogP contribution < -0.4 is 15.4 Å². The maximum atomic E-state index is 13.3. The molecule has 8 nitrogen and oxygen atoms in total. The molecule has 9 heteroatoms. The minimum Gasteiger partial charge on any atom is -0.482 e. The Labute approximate surface area is 170 Å². The summed E-state index contributed by atoms with van der Waals surface area (Å²) in [6, 6.07) is 5.28. The molecule has 2 aliphatic heterocycles. The second-order valence-corrected chi connectivity index (χ2v) is 7.69. The van der Waals surface area contributed by atoms with Crippen LogP contribution in [0, 0.1) is 0 Å². The van der Waals surface area contributed by atoms with E-state index in [1.165, 1.54) is 0 Å². The molecule has 28 heavy (non-hydrogen) atoms. The van der Waals surface area contributed by atoms with Gasteiger partial charge >= 0.3 is 0 Å². The number of anilines is 2. The molecule has 0 radical (unpaired) electrons. The Morgan fingerprint density at radius 3 is 2.96 bits per heavy atom. The molecule has 3 heterocycles. The molecule has 2 amide bonds. The fourth-order valence-electron chi connectivity index (χ4n) is 3.52. The molecular weight excluding hydrogens is 426 g/mol. The van der Waals surface area contributed by atoms with Crippen LogP contribution in [-0.2, 0) is 4.79 Å². The van der Waals surface area contributed by atoms with E-state index in [9.17, 15) is 9.59 Å². The zero-order valence-corrected chi connectivity index (χ0v) is 16.7. The lowest BCUT2D eigenvalue weighted by Crippen LogP contribution is -2.47. The number of piperidine rings is 1. The maximum Gasteiger partial charge on any atom is 0.262 e. The molecule has 0 bridgehead atoms. The van der Waals surface area contributed by atoms with Gasteiger partial charge in [0, 0.05) is 31.5 Å². The van der Waals surface area contributed by atoms with Gasteiger partial charge in [-0.2, -0.15) is 0 Å². The van der Waals surface area contributed by atoms with Crippen molar-refractivity contribution in [1.29, 1.82) is 0 Å². The zero-order valence-electron chi connectivity index (χ0n) is 15.2. The van der Waals surface area contributed by atoms with E-state index in [1.807, 2.05) is 4.90 Å². The number of nitrogens with one attached hydrogen (secondary N) is 2. The molecule has 1 saturated heterocycles. The molecule has 146 valence electrons. The summed E-state index contributed by atoms with van der Waals surface area (Å²) < 4.78 is 6.25. The predicted molar refractivity (Wildman–Crippen MR) is 107 cm³/mol. The van der Waals surface area contributed by atoms with Crippen molar-refractivity contribution in [2.45, 2.75) is 25.3 Å². The lowest BCUT2D eigenvalue weighted by molar-refractivity contribution is -0.118. The number of amides is 2. The number of hydrogen-bond acceptors (Lipinski definition) is 6. The summed E-state index contributed by atoms with van der Waals surface area (Å²) in [5.41, 5.74) is 0.912. The Kier molecular flexibility index (Phi) is 5.43. The minimum absolute atomic E-state index is 0.0181. The fourth-order valence-corrected chi connectivity index (χ4v) is 3.73. The normalized spacial score (nSPS) is 18.7. The number of likely N-dealkylation sites (tertiary alicyclic amines) is 1. The summed E-state index contributed by atoms with van der Waals surface area (Å²) in [4.78, 5) is 35.3. The Morgan fingerprint density at radius 2 is 2.14 bits per heavy atom. The van der Waals surface area contributed by atoms with Crippen LogP contribution in [0.2, 0.25) is 0 Å². The quantitative estimate of drug-likeness (QED) is 0.750. The summed E-state index contributed by atoms with van der Waals surface area (Å²) in [6.07, 6.45) is 6.27. The van der Waals surface area contributed by atoms with E-state index in [0.29, 0.717) is 36.0 Å². The number of benzene rings is 1. The highest BCUT2D eigenvalue weighted by Gasteiger charge is 2.31. The van der Waals surface area contributed by atoms with Gasteiger partial charge in [-0.3, -0.25) is 9.59 Å². The number of aromatic nitrogens is 2.